The molecule has 1 fully saturated rings. The maximum Gasteiger partial charge on any atom is 0.254 e. The first-order chi connectivity index (χ1) is 10.3. The van der Waals surface area contributed by atoms with E-state index in [9.17, 15) is 9.59 Å². The first-order valence-electron chi connectivity index (χ1n) is 8.03. The minimum atomic E-state index is -0.204. The molecule has 1 atom stereocenters. The normalized spacial score (nSPS) is 20.0. The molecule has 1 amide bonds. The molecule has 0 aliphatic carbocycles. The minimum absolute atomic E-state index is 0.0280. The molecule has 0 saturated carbocycles. The van der Waals surface area contributed by atoms with Crippen molar-refractivity contribution in [3.63, 3.8) is 0 Å². The van der Waals surface area contributed by atoms with Gasteiger partial charge in [-0.05, 0) is 24.9 Å². The molecule has 2 rings (SSSR count). The Kier molecular flexibility index (Phi) is 5.06. The predicted octanol–water partition coefficient (Wildman–Crippen LogP) is 1.91. The summed E-state index contributed by atoms with van der Waals surface area (Å²) in [4.78, 5) is 31.7. The maximum atomic E-state index is 12.9. The van der Waals surface area contributed by atoms with E-state index in [0.29, 0.717) is 18.0 Å². The van der Waals surface area contributed by atoms with Crippen LogP contribution in [0.5, 0.6) is 0 Å². The molecule has 1 aliphatic rings. The highest BCUT2D eigenvalue weighted by atomic mass is 16.2. The summed E-state index contributed by atoms with van der Waals surface area (Å²) in [6.07, 6.45) is 0. The Morgan fingerprint density at radius 2 is 1.91 bits per heavy atom. The minimum Gasteiger partial charge on any atom is -0.333 e. The molecule has 0 spiro atoms. The van der Waals surface area contributed by atoms with Crippen LogP contribution in [-0.4, -0.2) is 53.4 Å². The Hall–Kier alpha value is -1.62. The number of H-pyrrole nitrogens is 1. The fourth-order valence-corrected chi connectivity index (χ4v) is 2.94. The number of amides is 1. The van der Waals surface area contributed by atoms with Crippen molar-refractivity contribution in [1.82, 2.24) is 14.8 Å². The Morgan fingerprint density at radius 1 is 1.23 bits per heavy atom. The molecule has 22 heavy (non-hydrogen) atoms. The average molecular weight is 305 g/mol. The molecule has 1 N–H and O–H groups in total. The quantitative estimate of drug-likeness (QED) is 0.928. The smallest absolute Gasteiger partial charge is 0.254 e. The molecule has 1 aliphatic heterocycles. The molecule has 1 aromatic rings. The molecule has 0 bridgehead atoms. The number of aromatic nitrogens is 1. The average Bonchev–Trinajstić information content (AvgIpc) is 2.45. The van der Waals surface area contributed by atoms with Gasteiger partial charge in [0.25, 0.3) is 5.91 Å². The molecule has 0 unspecified atom stereocenters. The Morgan fingerprint density at radius 3 is 2.50 bits per heavy atom. The lowest BCUT2D eigenvalue weighted by molar-refractivity contribution is 0.0402. The second-order valence-electron chi connectivity index (χ2n) is 6.92. The van der Waals surface area contributed by atoms with Gasteiger partial charge in [-0.1, -0.05) is 27.7 Å². The van der Waals surface area contributed by atoms with Gasteiger partial charge in [-0.15, -0.1) is 0 Å². The lowest BCUT2D eigenvalue weighted by atomic mass is 9.98. The summed E-state index contributed by atoms with van der Waals surface area (Å²) in [5.41, 5.74) is 1.11. The Labute approximate surface area is 132 Å². The highest BCUT2D eigenvalue weighted by Gasteiger charge is 2.31. The van der Waals surface area contributed by atoms with E-state index in [2.05, 4.69) is 30.8 Å². The van der Waals surface area contributed by atoms with Gasteiger partial charge in [0.1, 0.15) is 0 Å². The van der Waals surface area contributed by atoms with Gasteiger partial charge in [0.05, 0.1) is 0 Å². The van der Waals surface area contributed by atoms with Crippen molar-refractivity contribution in [3.05, 3.63) is 33.7 Å². The topological polar surface area (TPSA) is 56.4 Å². The van der Waals surface area contributed by atoms with Crippen LogP contribution >= 0.6 is 0 Å². The SMILES string of the molecule is CC(C)c1cc(C(=O)N2CCN(C)C[C@H]2C(C)C)cc(=O)[nH]1. The van der Waals surface area contributed by atoms with Gasteiger partial charge in [0.15, 0.2) is 0 Å². The largest absolute Gasteiger partial charge is 0.333 e. The van der Waals surface area contributed by atoms with Crippen molar-refractivity contribution in [1.29, 1.82) is 0 Å². The highest BCUT2D eigenvalue weighted by molar-refractivity contribution is 5.94. The summed E-state index contributed by atoms with van der Waals surface area (Å²) >= 11 is 0. The van der Waals surface area contributed by atoms with Crippen LogP contribution in [0.1, 0.15) is 49.7 Å². The van der Waals surface area contributed by atoms with Crippen molar-refractivity contribution in [3.8, 4) is 0 Å². The van der Waals surface area contributed by atoms with Gasteiger partial charge < -0.3 is 14.8 Å². The first-order valence-corrected chi connectivity index (χ1v) is 8.03. The maximum absolute atomic E-state index is 12.9. The molecule has 1 aromatic heterocycles. The van der Waals surface area contributed by atoms with E-state index in [1.807, 2.05) is 24.8 Å². The number of piperazine rings is 1. The molecule has 5 nitrogen and oxygen atoms in total. The number of nitrogens with zero attached hydrogens (tertiary/aromatic N) is 2. The Bertz CT molecular complexity index is 592. The Balaban J connectivity index is 2.32. The van der Waals surface area contributed by atoms with Crippen molar-refractivity contribution >= 4 is 5.91 Å². The van der Waals surface area contributed by atoms with E-state index in [4.69, 9.17) is 0 Å². The number of pyridine rings is 1. The van der Waals surface area contributed by atoms with E-state index in [0.717, 1.165) is 18.8 Å². The summed E-state index contributed by atoms with van der Waals surface area (Å²) in [6.45, 7) is 10.8. The predicted molar refractivity (Wildman–Crippen MR) is 88.3 cm³/mol. The number of rotatable bonds is 3. The number of carbonyl (C=O) groups is 1. The second kappa shape index (κ2) is 6.65. The van der Waals surface area contributed by atoms with Crippen molar-refractivity contribution in [2.45, 2.75) is 39.7 Å². The fourth-order valence-electron chi connectivity index (χ4n) is 2.94. The molecular formula is C17H27N3O2. The van der Waals surface area contributed by atoms with Crippen LogP contribution in [0.15, 0.2) is 16.9 Å². The summed E-state index contributed by atoms with van der Waals surface area (Å²) in [6, 6.07) is 3.43. The van der Waals surface area contributed by atoms with E-state index >= 15 is 0 Å². The highest BCUT2D eigenvalue weighted by Crippen LogP contribution is 2.20. The van der Waals surface area contributed by atoms with Crippen LogP contribution in [0.4, 0.5) is 0 Å². The second-order valence-corrected chi connectivity index (χ2v) is 6.92. The van der Waals surface area contributed by atoms with Crippen LogP contribution in [0.2, 0.25) is 0 Å². The summed E-state index contributed by atoms with van der Waals surface area (Å²) in [5.74, 6) is 0.548. The van der Waals surface area contributed by atoms with Gasteiger partial charge in [-0.2, -0.15) is 0 Å². The lowest BCUT2D eigenvalue weighted by Crippen LogP contribution is -2.56. The van der Waals surface area contributed by atoms with Gasteiger partial charge in [-0.3, -0.25) is 9.59 Å². The zero-order valence-electron chi connectivity index (χ0n) is 14.2. The van der Waals surface area contributed by atoms with Crippen LogP contribution in [0.3, 0.4) is 0 Å². The van der Waals surface area contributed by atoms with Gasteiger partial charge in [0.2, 0.25) is 5.56 Å². The third-order valence-corrected chi connectivity index (χ3v) is 4.39. The number of nitrogens with one attached hydrogen (secondary N) is 1. The van der Waals surface area contributed by atoms with E-state index in [1.165, 1.54) is 6.07 Å². The third kappa shape index (κ3) is 3.58. The number of aromatic amines is 1. The van der Waals surface area contributed by atoms with Crippen molar-refractivity contribution in [2.24, 2.45) is 5.92 Å². The molecule has 0 radical (unpaired) electrons. The third-order valence-electron chi connectivity index (χ3n) is 4.39. The van der Waals surface area contributed by atoms with Gasteiger partial charge >= 0.3 is 0 Å². The number of hydrogen-bond acceptors (Lipinski definition) is 3. The van der Waals surface area contributed by atoms with Crippen molar-refractivity contribution < 1.29 is 4.79 Å². The monoisotopic (exact) mass is 305 g/mol. The summed E-state index contributed by atoms with van der Waals surface area (Å²) in [7, 11) is 2.08. The molecule has 5 heteroatoms. The van der Waals surface area contributed by atoms with E-state index in [1.54, 1.807) is 0 Å². The molecule has 122 valence electrons. The number of likely N-dealkylation sites (N-methyl/N-ethyl adjacent to an activating group) is 1. The van der Waals surface area contributed by atoms with Gasteiger partial charge in [0, 0.05) is 43.0 Å². The van der Waals surface area contributed by atoms with E-state index < -0.39 is 0 Å². The summed E-state index contributed by atoms with van der Waals surface area (Å²) < 4.78 is 0. The number of carbonyl (C=O) groups excluding carboxylic acids is 1. The molecular weight excluding hydrogens is 278 g/mol. The lowest BCUT2D eigenvalue weighted by Gasteiger charge is -2.42. The van der Waals surface area contributed by atoms with Crippen LogP contribution < -0.4 is 5.56 Å². The van der Waals surface area contributed by atoms with Crippen LogP contribution in [0, 0.1) is 5.92 Å². The standard InChI is InChI=1S/C17H27N3O2/c1-11(2)14-8-13(9-16(21)18-14)17(22)20-7-6-19(5)10-15(20)12(3)4/h8-9,11-12,15H,6-7,10H2,1-5H3,(H,18,21)/t15-/m0/s1. The molecule has 0 aromatic carbocycles. The zero-order chi connectivity index (χ0) is 16.4. The summed E-state index contributed by atoms with van der Waals surface area (Å²) in [5, 5.41) is 0. The van der Waals surface area contributed by atoms with Crippen LogP contribution in [-0.2, 0) is 0 Å². The van der Waals surface area contributed by atoms with Crippen LogP contribution in [0.25, 0.3) is 0 Å². The van der Waals surface area contributed by atoms with E-state index in [-0.39, 0.29) is 23.4 Å². The van der Waals surface area contributed by atoms with Gasteiger partial charge in [-0.25, -0.2) is 0 Å². The first kappa shape index (κ1) is 16.7. The molecule has 2 heterocycles. The zero-order valence-corrected chi connectivity index (χ0v) is 14.2. The fraction of sp³-hybridized carbons (Fsp3) is 0.647. The molecule has 1 saturated heterocycles. The van der Waals surface area contributed by atoms with Crippen molar-refractivity contribution in [2.75, 3.05) is 26.7 Å². The number of hydrogen-bond donors (Lipinski definition) is 1.